The number of hydrogen-bond acceptors (Lipinski definition) is 7. The highest BCUT2D eigenvalue weighted by Gasteiger charge is 2.48. The summed E-state index contributed by atoms with van der Waals surface area (Å²) >= 11 is 0. The minimum atomic E-state index is -1.09. The number of hydrogen-bond donors (Lipinski definition) is 1. The fraction of sp³-hybridized carbons (Fsp3) is 0.705. The quantitative estimate of drug-likeness (QED) is 0.0908. The molecule has 0 amide bonds. The van der Waals surface area contributed by atoms with E-state index in [0.717, 1.165) is 30.4 Å². The predicted octanol–water partition coefficient (Wildman–Crippen LogP) is 11.0. The molecule has 4 rings (SSSR count). The van der Waals surface area contributed by atoms with Gasteiger partial charge < -0.3 is 28.8 Å². The zero-order chi connectivity index (χ0) is 36.4. The fourth-order valence-corrected chi connectivity index (χ4v) is 7.07. The van der Waals surface area contributed by atoms with Crippen molar-refractivity contribution in [3.8, 4) is 0 Å². The second-order valence-corrected chi connectivity index (χ2v) is 15.5. The van der Waals surface area contributed by atoms with Gasteiger partial charge in [-0.05, 0) is 29.4 Å². The van der Waals surface area contributed by atoms with E-state index < -0.39 is 37.0 Å². The van der Waals surface area contributed by atoms with Crippen molar-refractivity contribution in [3.05, 3.63) is 70.8 Å². The molecule has 2 aliphatic heterocycles. The summed E-state index contributed by atoms with van der Waals surface area (Å²) in [5, 5.41) is 11.4. The molecular formula is C44H68O7. The van der Waals surface area contributed by atoms with E-state index in [1.54, 1.807) is 0 Å². The third-order valence-electron chi connectivity index (χ3n) is 10.5. The highest BCUT2D eigenvalue weighted by molar-refractivity contribution is 5.69. The van der Waals surface area contributed by atoms with Crippen LogP contribution in [0, 0.1) is 0 Å². The van der Waals surface area contributed by atoms with E-state index in [1.807, 2.05) is 24.3 Å². The Morgan fingerprint density at radius 1 is 0.667 bits per heavy atom. The van der Waals surface area contributed by atoms with Crippen LogP contribution in [0.25, 0.3) is 0 Å². The number of ether oxygens (including phenoxy) is 5. The molecule has 0 aliphatic carbocycles. The number of benzene rings is 2. The van der Waals surface area contributed by atoms with Crippen molar-refractivity contribution in [2.45, 2.75) is 186 Å². The number of unbranched alkanes of at least 4 members (excludes halogenated alkanes) is 14. The Bertz CT molecular complexity index is 1230. The first kappa shape index (κ1) is 41.5. The third kappa shape index (κ3) is 13.9. The van der Waals surface area contributed by atoms with Crippen molar-refractivity contribution in [1.82, 2.24) is 0 Å². The lowest BCUT2D eigenvalue weighted by Crippen LogP contribution is -2.58. The molecule has 2 saturated heterocycles. The van der Waals surface area contributed by atoms with Crippen LogP contribution in [0.3, 0.4) is 0 Å². The van der Waals surface area contributed by atoms with Gasteiger partial charge in [-0.3, -0.25) is 4.79 Å². The highest BCUT2D eigenvalue weighted by Crippen LogP contribution is 2.39. The van der Waals surface area contributed by atoms with Crippen LogP contribution in [-0.2, 0) is 28.5 Å². The molecule has 51 heavy (non-hydrogen) atoms. The smallest absolute Gasteiger partial charge is 0.305 e. The molecule has 0 saturated carbocycles. The maximum absolute atomic E-state index is 12.7. The van der Waals surface area contributed by atoms with Crippen LogP contribution >= 0.6 is 0 Å². The molecule has 7 heteroatoms. The molecule has 0 bridgehead atoms. The number of esters is 1. The second kappa shape index (κ2) is 22.7. The van der Waals surface area contributed by atoms with Crippen LogP contribution in [0.15, 0.2) is 48.5 Å². The van der Waals surface area contributed by atoms with Crippen LogP contribution in [0.1, 0.15) is 184 Å². The average molecular weight is 709 g/mol. The SMILES string of the molecule is CCCCCCCCCCCCCCCCCC(=O)OCC(O)C1OC(c2ccc(C(C)C)cc2)OC2COC(c3ccc(C(C)C)cc3)OC21. The summed E-state index contributed by atoms with van der Waals surface area (Å²) in [5.74, 6) is 0.538. The van der Waals surface area contributed by atoms with E-state index in [4.69, 9.17) is 23.7 Å². The summed E-state index contributed by atoms with van der Waals surface area (Å²) in [7, 11) is 0. The Labute approximate surface area is 309 Å². The normalized spacial score (nSPS) is 22.6. The average Bonchev–Trinajstić information content (AvgIpc) is 3.14. The summed E-state index contributed by atoms with van der Waals surface area (Å²) in [6, 6.07) is 16.4. The van der Waals surface area contributed by atoms with E-state index in [0.29, 0.717) is 18.3 Å². The van der Waals surface area contributed by atoms with E-state index in [9.17, 15) is 9.90 Å². The van der Waals surface area contributed by atoms with Crippen LogP contribution in [0.5, 0.6) is 0 Å². The van der Waals surface area contributed by atoms with Crippen molar-refractivity contribution in [2.75, 3.05) is 13.2 Å². The van der Waals surface area contributed by atoms with Crippen molar-refractivity contribution in [2.24, 2.45) is 0 Å². The van der Waals surface area contributed by atoms with Crippen LogP contribution in [0.2, 0.25) is 0 Å². The largest absolute Gasteiger partial charge is 0.463 e. The van der Waals surface area contributed by atoms with E-state index >= 15 is 0 Å². The van der Waals surface area contributed by atoms with Gasteiger partial charge >= 0.3 is 5.97 Å². The monoisotopic (exact) mass is 708 g/mol. The molecule has 1 N–H and O–H groups in total. The van der Waals surface area contributed by atoms with Gasteiger partial charge in [-0.2, -0.15) is 0 Å². The molecule has 2 heterocycles. The highest BCUT2D eigenvalue weighted by atomic mass is 16.8. The molecule has 2 aliphatic rings. The summed E-state index contributed by atoms with van der Waals surface area (Å²) in [6.07, 6.45) is 15.3. The number of carbonyl (C=O) groups excluding carboxylic acids is 1. The fourth-order valence-electron chi connectivity index (χ4n) is 7.07. The summed E-state index contributed by atoms with van der Waals surface area (Å²) in [5.41, 5.74) is 4.21. The molecule has 2 aromatic rings. The molecule has 7 nitrogen and oxygen atoms in total. The van der Waals surface area contributed by atoms with Gasteiger partial charge in [-0.15, -0.1) is 0 Å². The van der Waals surface area contributed by atoms with Gasteiger partial charge in [0.25, 0.3) is 0 Å². The first-order chi connectivity index (χ1) is 24.8. The summed E-state index contributed by atoms with van der Waals surface area (Å²) in [4.78, 5) is 12.7. The molecule has 286 valence electrons. The molecule has 0 radical (unpaired) electrons. The van der Waals surface area contributed by atoms with Crippen molar-refractivity contribution < 1.29 is 33.6 Å². The van der Waals surface area contributed by atoms with E-state index in [2.05, 4.69) is 58.9 Å². The lowest BCUT2D eigenvalue weighted by atomic mass is 9.98. The van der Waals surface area contributed by atoms with Crippen LogP contribution in [0.4, 0.5) is 0 Å². The first-order valence-corrected chi connectivity index (χ1v) is 20.4. The third-order valence-corrected chi connectivity index (χ3v) is 10.5. The molecule has 2 fully saturated rings. The van der Waals surface area contributed by atoms with Crippen LogP contribution < -0.4 is 0 Å². The Morgan fingerprint density at radius 2 is 1.14 bits per heavy atom. The van der Waals surface area contributed by atoms with Gasteiger partial charge in [0.15, 0.2) is 12.6 Å². The van der Waals surface area contributed by atoms with Gasteiger partial charge in [-0.25, -0.2) is 0 Å². The Morgan fingerprint density at radius 3 is 1.63 bits per heavy atom. The molecule has 0 aromatic heterocycles. The topological polar surface area (TPSA) is 83.5 Å². The lowest BCUT2D eigenvalue weighted by Gasteiger charge is -2.47. The number of fused-ring (bicyclic) bond motifs is 1. The predicted molar refractivity (Wildman–Crippen MR) is 204 cm³/mol. The molecule has 6 unspecified atom stereocenters. The maximum Gasteiger partial charge on any atom is 0.305 e. The zero-order valence-corrected chi connectivity index (χ0v) is 32.4. The standard InChI is InChI=1S/C44H68O7/c1-6-7-8-9-10-11-12-13-14-15-16-17-18-19-20-21-40(46)47-30-38(45)41-42-39(49-44(50-41)37-28-24-35(25-29-37)33(4)5)31-48-43(51-42)36-26-22-34(23-27-36)32(2)3/h22-29,32-33,38-39,41-45H,6-21,30-31H2,1-5H3. The Balaban J connectivity index is 1.21. The molecule has 6 atom stereocenters. The Hall–Kier alpha value is -2.29. The second-order valence-electron chi connectivity index (χ2n) is 15.5. The van der Waals surface area contributed by atoms with Gasteiger partial charge in [0.05, 0.1) is 6.61 Å². The lowest BCUT2D eigenvalue weighted by molar-refractivity contribution is -0.373. The summed E-state index contributed by atoms with van der Waals surface area (Å²) in [6.45, 7) is 11.0. The number of carbonyl (C=O) groups is 1. The van der Waals surface area contributed by atoms with Gasteiger partial charge in [-0.1, -0.05) is 173 Å². The maximum atomic E-state index is 12.7. The molecular weight excluding hydrogens is 640 g/mol. The van der Waals surface area contributed by atoms with E-state index in [1.165, 1.54) is 88.2 Å². The van der Waals surface area contributed by atoms with Gasteiger partial charge in [0, 0.05) is 17.5 Å². The molecule has 0 spiro atoms. The molecule has 2 aromatic carbocycles. The van der Waals surface area contributed by atoms with Crippen molar-refractivity contribution >= 4 is 5.97 Å². The number of aliphatic hydroxyl groups excluding tert-OH is 1. The van der Waals surface area contributed by atoms with E-state index in [-0.39, 0.29) is 19.2 Å². The minimum Gasteiger partial charge on any atom is -0.463 e. The summed E-state index contributed by atoms with van der Waals surface area (Å²) < 4.78 is 31.0. The Kier molecular flexibility index (Phi) is 18.5. The number of rotatable bonds is 23. The van der Waals surface area contributed by atoms with Crippen LogP contribution in [-0.4, -0.2) is 48.7 Å². The minimum absolute atomic E-state index is 0.164. The number of aliphatic hydroxyl groups is 1. The van der Waals surface area contributed by atoms with Crippen molar-refractivity contribution in [3.63, 3.8) is 0 Å². The van der Waals surface area contributed by atoms with Gasteiger partial charge in [0.1, 0.15) is 31.0 Å². The van der Waals surface area contributed by atoms with Crippen molar-refractivity contribution in [1.29, 1.82) is 0 Å². The zero-order valence-electron chi connectivity index (χ0n) is 32.4. The van der Waals surface area contributed by atoms with Gasteiger partial charge in [0.2, 0.25) is 0 Å². The first-order valence-electron chi connectivity index (χ1n) is 20.4.